The summed E-state index contributed by atoms with van der Waals surface area (Å²) in [6, 6.07) is 7.43. The van der Waals surface area contributed by atoms with Crippen molar-refractivity contribution in [3.63, 3.8) is 0 Å². The maximum atomic E-state index is 12.3. The van der Waals surface area contributed by atoms with E-state index in [9.17, 15) is 4.79 Å². The minimum Gasteiger partial charge on any atom is -0.289 e. The number of carbonyl (C=O) groups excluding carboxylic acids is 1. The van der Waals surface area contributed by atoms with Crippen LogP contribution in [0.4, 0.5) is 5.13 Å². The number of aliphatic imine (C=N–C) groups is 1. The lowest BCUT2D eigenvalue weighted by atomic mass is 10.2. The molecule has 0 atom stereocenters. The fraction of sp³-hybridized carbons (Fsp3) is 0.133. The van der Waals surface area contributed by atoms with E-state index in [1.165, 1.54) is 28.0 Å². The summed E-state index contributed by atoms with van der Waals surface area (Å²) in [5, 5.41) is 3.82. The van der Waals surface area contributed by atoms with Gasteiger partial charge in [-0.2, -0.15) is 4.99 Å². The molecule has 1 saturated heterocycles. The third kappa shape index (κ3) is 3.09. The second-order valence-corrected chi connectivity index (χ2v) is 6.92. The van der Waals surface area contributed by atoms with Gasteiger partial charge in [0.1, 0.15) is 0 Å². The molecule has 0 saturated carbocycles. The monoisotopic (exact) mass is 349 g/mol. The summed E-state index contributed by atoms with van der Waals surface area (Å²) < 4.78 is 0. The highest BCUT2D eigenvalue weighted by Gasteiger charge is 2.30. The number of thiazole rings is 1. The molecule has 7 heteroatoms. The molecule has 3 rings (SSSR count). The average Bonchev–Trinajstić information content (AvgIpc) is 3.01. The van der Waals surface area contributed by atoms with Gasteiger partial charge in [-0.1, -0.05) is 29.8 Å². The summed E-state index contributed by atoms with van der Waals surface area (Å²) in [5.41, 5.74) is 1.74. The van der Waals surface area contributed by atoms with E-state index in [1.807, 2.05) is 30.5 Å². The van der Waals surface area contributed by atoms with E-state index in [0.717, 1.165) is 11.3 Å². The summed E-state index contributed by atoms with van der Waals surface area (Å²) in [6.07, 6.45) is 1.79. The number of halogens is 1. The van der Waals surface area contributed by atoms with Crippen molar-refractivity contribution in [1.82, 2.24) is 9.88 Å². The van der Waals surface area contributed by atoms with Gasteiger partial charge in [0.05, 0.1) is 10.6 Å². The first-order valence-electron chi connectivity index (χ1n) is 6.47. The van der Waals surface area contributed by atoms with Crippen molar-refractivity contribution >= 4 is 57.0 Å². The predicted octanol–water partition coefficient (Wildman–Crippen LogP) is 4.34. The van der Waals surface area contributed by atoms with E-state index in [0.29, 0.717) is 20.2 Å². The molecule has 4 nitrogen and oxygen atoms in total. The number of thioether (sulfide) groups is 1. The molecule has 1 aromatic heterocycles. The number of hydrogen-bond donors (Lipinski definition) is 0. The molecule has 112 valence electrons. The van der Waals surface area contributed by atoms with Crippen LogP contribution in [0.15, 0.2) is 39.5 Å². The highest BCUT2D eigenvalue weighted by atomic mass is 35.5. The Bertz CT molecular complexity index is 798. The van der Waals surface area contributed by atoms with Crippen molar-refractivity contribution in [2.24, 2.45) is 4.99 Å². The number of benzene rings is 1. The second-order valence-electron chi connectivity index (χ2n) is 4.66. The van der Waals surface area contributed by atoms with Gasteiger partial charge in [0.25, 0.3) is 5.91 Å². The molecule has 1 amide bonds. The third-order valence-electron chi connectivity index (χ3n) is 2.99. The minimum absolute atomic E-state index is 0.0862. The van der Waals surface area contributed by atoms with Crippen LogP contribution in [0.5, 0.6) is 0 Å². The lowest BCUT2D eigenvalue weighted by molar-refractivity contribution is -0.121. The molecule has 0 unspecified atom stereocenters. The fourth-order valence-corrected chi connectivity index (χ4v) is 3.73. The summed E-state index contributed by atoms with van der Waals surface area (Å²) in [4.78, 5) is 23.2. The zero-order valence-corrected chi connectivity index (χ0v) is 14.3. The molecule has 1 aromatic carbocycles. The summed E-state index contributed by atoms with van der Waals surface area (Å²) in [5.74, 6) is -0.0862. The minimum atomic E-state index is -0.0862. The first kappa shape index (κ1) is 15.3. The Morgan fingerprint density at radius 1 is 1.36 bits per heavy atom. The maximum Gasteiger partial charge on any atom is 0.266 e. The van der Waals surface area contributed by atoms with Gasteiger partial charge in [-0.15, -0.1) is 11.3 Å². The molecular weight excluding hydrogens is 338 g/mol. The van der Waals surface area contributed by atoms with Gasteiger partial charge in [0.15, 0.2) is 5.17 Å². The number of aryl methyl sites for hydroxylation is 1. The van der Waals surface area contributed by atoms with Crippen molar-refractivity contribution in [1.29, 1.82) is 0 Å². The van der Waals surface area contributed by atoms with Crippen LogP contribution in [0.3, 0.4) is 0 Å². The van der Waals surface area contributed by atoms with Crippen LogP contribution in [0.25, 0.3) is 6.08 Å². The van der Waals surface area contributed by atoms with E-state index >= 15 is 0 Å². The lowest BCUT2D eigenvalue weighted by Crippen LogP contribution is -2.23. The fourth-order valence-electron chi connectivity index (χ4n) is 1.86. The van der Waals surface area contributed by atoms with Crippen molar-refractivity contribution < 1.29 is 4.79 Å². The summed E-state index contributed by atoms with van der Waals surface area (Å²) >= 11 is 8.93. The van der Waals surface area contributed by atoms with Crippen molar-refractivity contribution in [3.05, 3.63) is 50.8 Å². The van der Waals surface area contributed by atoms with Crippen LogP contribution in [-0.2, 0) is 4.79 Å². The molecule has 0 bridgehead atoms. The molecule has 2 aromatic rings. The molecule has 2 heterocycles. The number of likely N-dealkylation sites (N-methyl/N-ethyl adjacent to an activating group) is 1. The molecule has 1 fully saturated rings. The van der Waals surface area contributed by atoms with Crippen molar-refractivity contribution in [2.45, 2.75) is 6.92 Å². The maximum absolute atomic E-state index is 12.3. The molecule has 1 aliphatic heterocycles. The van der Waals surface area contributed by atoms with Crippen LogP contribution in [0.2, 0.25) is 5.02 Å². The van der Waals surface area contributed by atoms with Crippen LogP contribution >= 0.6 is 34.7 Å². The Labute approximate surface area is 141 Å². The van der Waals surface area contributed by atoms with Gasteiger partial charge < -0.3 is 0 Å². The molecule has 0 radical (unpaired) electrons. The van der Waals surface area contributed by atoms with Gasteiger partial charge in [-0.25, -0.2) is 4.98 Å². The molecule has 0 N–H and O–H groups in total. The number of amides is 1. The number of aromatic nitrogens is 1. The average molecular weight is 350 g/mol. The van der Waals surface area contributed by atoms with Crippen LogP contribution in [-0.4, -0.2) is 28.0 Å². The lowest BCUT2D eigenvalue weighted by Gasteiger charge is -2.05. The number of rotatable bonds is 2. The van der Waals surface area contributed by atoms with Gasteiger partial charge in [0.2, 0.25) is 5.13 Å². The van der Waals surface area contributed by atoms with Crippen LogP contribution in [0.1, 0.15) is 11.3 Å². The smallest absolute Gasteiger partial charge is 0.266 e. The van der Waals surface area contributed by atoms with E-state index < -0.39 is 0 Å². The number of hydrogen-bond acceptors (Lipinski definition) is 5. The van der Waals surface area contributed by atoms with Crippen LogP contribution < -0.4 is 0 Å². The van der Waals surface area contributed by atoms with E-state index in [2.05, 4.69) is 9.98 Å². The largest absolute Gasteiger partial charge is 0.289 e. The SMILES string of the molecule is Cc1csc(/N=C2/S/C(=C\c3ccccc3Cl)C(=O)N2C)n1. The zero-order chi connectivity index (χ0) is 15.7. The van der Waals surface area contributed by atoms with E-state index in [1.54, 1.807) is 19.2 Å². The summed E-state index contributed by atoms with van der Waals surface area (Å²) in [7, 11) is 1.71. The Balaban J connectivity index is 1.92. The van der Waals surface area contributed by atoms with Crippen molar-refractivity contribution in [2.75, 3.05) is 7.05 Å². The molecule has 22 heavy (non-hydrogen) atoms. The Morgan fingerprint density at radius 3 is 2.82 bits per heavy atom. The first-order chi connectivity index (χ1) is 10.5. The molecule has 0 spiro atoms. The Morgan fingerprint density at radius 2 is 2.14 bits per heavy atom. The third-order valence-corrected chi connectivity index (χ3v) is 5.25. The molecule has 0 aliphatic carbocycles. The highest BCUT2D eigenvalue weighted by molar-refractivity contribution is 8.18. The Kier molecular flexibility index (Phi) is 4.33. The van der Waals surface area contributed by atoms with Gasteiger partial charge in [-0.05, 0) is 36.4 Å². The number of amidine groups is 1. The van der Waals surface area contributed by atoms with Gasteiger partial charge in [0, 0.05) is 17.5 Å². The normalized spacial score (nSPS) is 18.7. The second kappa shape index (κ2) is 6.24. The topological polar surface area (TPSA) is 45.6 Å². The number of nitrogens with zero attached hydrogens (tertiary/aromatic N) is 3. The summed E-state index contributed by atoms with van der Waals surface area (Å²) in [6.45, 7) is 1.92. The van der Waals surface area contributed by atoms with Gasteiger partial charge in [-0.3, -0.25) is 9.69 Å². The van der Waals surface area contributed by atoms with E-state index in [4.69, 9.17) is 11.6 Å². The quantitative estimate of drug-likeness (QED) is 0.758. The first-order valence-corrected chi connectivity index (χ1v) is 8.55. The van der Waals surface area contributed by atoms with Crippen molar-refractivity contribution in [3.8, 4) is 0 Å². The van der Waals surface area contributed by atoms with Crippen LogP contribution in [0, 0.1) is 6.92 Å². The highest BCUT2D eigenvalue weighted by Crippen LogP contribution is 2.34. The predicted molar refractivity (Wildman–Crippen MR) is 93.7 cm³/mol. The zero-order valence-electron chi connectivity index (χ0n) is 11.9. The molecular formula is C15H12ClN3OS2. The van der Waals surface area contributed by atoms with E-state index in [-0.39, 0.29) is 5.91 Å². The standard InChI is InChI=1S/C15H12ClN3OS2/c1-9-8-21-14(17-9)18-15-19(2)13(20)12(22-15)7-10-5-3-4-6-11(10)16/h3-8H,1-2H3/b12-7-,18-15+. The number of carbonyl (C=O) groups is 1. The van der Waals surface area contributed by atoms with Gasteiger partial charge >= 0.3 is 0 Å². The Hall–Kier alpha value is -1.63. The molecule has 1 aliphatic rings.